The van der Waals surface area contributed by atoms with Crippen molar-refractivity contribution >= 4 is 217 Å². The molecule has 5 heterocycles. The Hall–Kier alpha value is -13.9. The molecule has 11 heteroatoms. The molecule has 0 saturated carbocycles. The van der Waals surface area contributed by atoms with Gasteiger partial charge in [0.1, 0.15) is 16.7 Å². The standard InChI is InChI=1S/C42H27NOS.C30H21NO.C18H13Br.C12H7BrS.C12H9NO.CH3I.CH4/c1-2-10-28(11-3-1)29-20-22-30(23-21-29)31-24-26-32(27-25-31)43(36-15-9-19-40-41(36)35-13-5-7-18-39(35)45-40)37-16-8-14-34-33-12-4-6-17-38(33)44-42(34)37;1-2-7-21(8-3-1)22-13-15-23(16-14-22)24-17-19-25(20-18-24)31-28-11-6-10-27-26-9-4-5-12-29(26)32-30(27)28;19-18-12-10-17(11-13-18)16-8-6-15(7-9-16)14-4-2-1-3-5-14;13-9-5-3-7-11-12(9)8-4-1-2-6-10(8)14-11;13-10-6-3-5-9-8-4-1-2-7-11(8)14-12(9)10;1-2;/h1-27H;1-20,31H;1-13H;1-7H;1-7H,13H2;1H3;1H4. The van der Waals surface area contributed by atoms with Crippen LogP contribution in [0.3, 0.4) is 0 Å². The normalized spacial score (nSPS) is 11.0. The van der Waals surface area contributed by atoms with E-state index >= 15 is 0 Å². The van der Waals surface area contributed by atoms with Gasteiger partial charge in [-0.2, -0.15) is 0 Å². The van der Waals surface area contributed by atoms with E-state index in [2.05, 4.69) is 435 Å². The van der Waals surface area contributed by atoms with Crippen LogP contribution >= 0.6 is 77.1 Å². The number of nitrogens with zero attached hydrogens (tertiary/aromatic N) is 1. The van der Waals surface area contributed by atoms with Crippen molar-refractivity contribution in [1.29, 1.82) is 0 Å². The van der Waals surface area contributed by atoms with E-state index in [1.807, 2.05) is 106 Å². The van der Waals surface area contributed by atoms with Crippen molar-refractivity contribution in [2.45, 2.75) is 7.43 Å². The molecule has 0 fully saturated rings. The monoisotopic (exact) mass is 1920 g/mol. The molecule has 0 aliphatic heterocycles. The predicted molar refractivity (Wildman–Crippen MR) is 563 cm³/mol. The van der Waals surface area contributed by atoms with Crippen LogP contribution in [0.25, 0.3) is 173 Å². The lowest BCUT2D eigenvalue weighted by Crippen LogP contribution is -2.10. The van der Waals surface area contributed by atoms with E-state index in [9.17, 15) is 0 Å². The number of rotatable bonds is 11. The largest absolute Gasteiger partial charge is 0.454 e. The average Bonchev–Trinajstić information content (AvgIpc) is 1.61. The first kappa shape index (κ1) is 84.0. The number of furan rings is 3. The van der Waals surface area contributed by atoms with E-state index in [1.54, 1.807) is 0 Å². The number of nitrogens with two attached hydrogens (primary N) is 1. The molecule has 6 nitrogen and oxygen atoms in total. The summed E-state index contributed by atoms with van der Waals surface area (Å²) < 4.78 is 25.9. The molecule has 0 radical (unpaired) electrons. The van der Waals surface area contributed by atoms with E-state index in [0.29, 0.717) is 5.69 Å². The molecule has 127 heavy (non-hydrogen) atoms. The van der Waals surface area contributed by atoms with Gasteiger partial charge in [0.05, 0.1) is 22.7 Å². The number of alkyl halides is 1. The Morgan fingerprint density at radius 3 is 1.04 bits per heavy atom. The van der Waals surface area contributed by atoms with Crippen LogP contribution in [0.2, 0.25) is 0 Å². The number of anilines is 6. The van der Waals surface area contributed by atoms with Crippen molar-refractivity contribution in [3.8, 4) is 66.8 Å². The van der Waals surface area contributed by atoms with Crippen LogP contribution in [0.4, 0.5) is 34.1 Å². The summed E-state index contributed by atoms with van der Waals surface area (Å²) >= 11 is 12.9. The summed E-state index contributed by atoms with van der Waals surface area (Å²) in [6.45, 7) is 0. The van der Waals surface area contributed by atoms with Crippen molar-refractivity contribution in [1.82, 2.24) is 0 Å². The van der Waals surface area contributed by atoms with Crippen LogP contribution < -0.4 is 16.0 Å². The fourth-order valence-corrected chi connectivity index (χ4v) is 19.6. The van der Waals surface area contributed by atoms with Crippen molar-refractivity contribution in [2.75, 3.05) is 20.9 Å². The molecular weight excluding hydrogens is 1830 g/mol. The topological polar surface area (TPSA) is 80.7 Å². The number of thiophene rings is 2. The maximum absolute atomic E-state index is 6.59. The van der Waals surface area contributed by atoms with Gasteiger partial charge in [-0.05, 0) is 181 Å². The van der Waals surface area contributed by atoms with Gasteiger partial charge in [0, 0.05) is 93.0 Å². The van der Waals surface area contributed by atoms with E-state index in [4.69, 9.17) is 19.0 Å². The van der Waals surface area contributed by atoms with E-state index in [-0.39, 0.29) is 7.43 Å². The second-order valence-corrected chi connectivity index (χ2v) is 34.2. The number of halogens is 3. The molecule has 5 aromatic heterocycles. The third-order valence-electron chi connectivity index (χ3n) is 22.5. The zero-order valence-electron chi connectivity index (χ0n) is 68.4. The van der Waals surface area contributed by atoms with Crippen molar-refractivity contribution < 1.29 is 13.3 Å². The number of hydrogen-bond acceptors (Lipinski definition) is 8. The number of para-hydroxylation sites is 6. The predicted octanol–water partition coefficient (Wildman–Crippen LogP) is 36.9. The second-order valence-electron chi connectivity index (χ2n) is 30.2. The molecule has 3 N–H and O–H groups in total. The Morgan fingerprint density at radius 1 is 0.260 bits per heavy atom. The van der Waals surface area contributed by atoms with Crippen molar-refractivity contribution in [3.05, 3.63) is 458 Å². The molecule has 0 atom stereocenters. The van der Waals surface area contributed by atoms with Crippen molar-refractivity contribution in [3.63, 3.8) is 0 Å². The van der Waals surface area contributed by atoms with Crippen LogP contribution in [-0.4, -0.2) is 4.93 Å². The Balaban J connectivity index is 0.000000115. The van der Waals surface area contributed by atoms with Crippen LogP contribution in [-0.2, 0) is 0 Å². The van der Waals surface area contributed by atoms with Gasteiger partial charge in [-0.25, -0.2) is 0 Å². The SMILES string of the molecule is Brc1ccc(-c2ccc(-c3ccccc3)cc2)cc1.Brc1cccc2sc3ccccc3c12.C.CI.Nc1cccc2c1oc1ccccc12.c1ccc(-c2ccc(-c3ccc(N(c4cccc5c4oc4ccccc45)c4cccc5sc6ccccc6c45)cc3)cc2)cc1.c1ccc(-c2ccc(-c3ccc(Nc4cccc5c4oc4ccccc45)cc3)cc2)cc1. The highest BCUT2D eigenvalue weighted by atomic mass is 127. The summed E-state index contributed by atoms with van der Waals surface area (Å²) in [5.74, 6) is 0. The van der Waals surface area contributed by atoms with Gasteiger partial charge < -0.3 is 29.2 Å². The molecule has 0 amide bonds. The molecule has 0 spiro atoms. The minimum absolute atomic E-state index is 0. The first-order chi connectivity index (χ1) is 62.2. The number of nitrogen functional groups attached to an aromatic ring is 1. The van der Waals surface area contributed by atoms with E-state index < -0.39 is 0 Å². The molecule has 19 aromatic carbocycles. The van der Waals surface area contributed by atoms with Crippen molar-refractivity contribution in [2.24, 2.45) is 0 Å². The van der Waals surface area contributed by atoms with Gasteiger partial charge in [0.15, 0.2) is 16.7 Å². The molecule has 614 valence electrons. The first-order valence-electron chi connectivity index (χ1n) is 41.5. The lowest BCUT2D eigenvalue weighted by molar-refractivity contribution is 0.669. The zero-order chi connectivity index (χ0) is 85.2. The van der Waals surface area contributed by atoms with Crippen LogP contribution in [0.5, 0.6) is 0 Å². The molecule has 0 unspecified atom stereocenters. The molecule has 0 aliphatic rings. The Morgan fingerprint density at radius 2 is 0.567 bits per heavy atom. The highest BCUT2D eigenvalue weighted by Gasteiger charge is 2.24. The van der Waals surface area contributed by atoms with Crippen LogP contribution in [0, 0.1) is 0 Å². The Labute approximate surface area is 776 Å². The number of nitrogens with one attached hydrogen (secondary N) is 1. The fraction of sp³-hybridized carbons (Fsp3) is 0.0172. The third-order valence-corrected chi connectivity index (χ3v) is 26.0. The summed E-state index contributed by atoms with van der Waals surface area (Å²) in [4.78, 5) is 4.34. The van der Waals surface area contributed by atoms with Crippen LogP contribution in [0.15, 0.2) is 471 Å². The summed E-state index contributed by atoms with van der Waals surface area (Å²) in [5, 5.41) is 15.4. The Bertz CT molecular complexity index is 7890. The summed E-state index contributed by atoms with van der Waals surface area (Å²) in [7, 11) is 0. The van der Waals surface area contributed by atoms with Gasteiger partial charge in [0.2, 0.25) is 0 Å². The van der Waals surface area contributed by atoms with Gasteiger partial charge in [-0.1, -0.05) is 402 Å². The molecular formula is C116H84Br2IN3O3S2. The summed E-state index contributed by atoms with van der Waals surface area (Å²) in [6.07, 6.45) is 0. The van der Waals surface area contributed by atoms with E-state index in [0.717, 1.165) is 98.7 Å². The third kappa shape index (κ3) is 18.0. The lowest BCUT2D eigenvalue weighted by atomic mass is 10.00. The maximum atomic E-state index is 6.59. The van der Waals surface area contributed by atoms with Gasteiger partial charge in [-0.3, -0.25) is 0 Å². The average molecular weight is 1920 g/mol. The number of fused-ring (bicyclic) bond motifs is 15. The number of hydrogen-bond donors (Lipinski definition) is 2. The quantitative estimate of drug-likeness (QED) is 0.0763. The van der Waals surface area contributed by atoms with E-state index in [1.165, 1.54) is 112 Å². The molecule has 24 aromatic rings. The minimum atomic E-state index is 0. The lowest BCUT2D eigenvalue weighted by Gasteiger charge is -2.26. The fourth-order valence-electron chi connectivity index (χ4n) is 16.4. The summed E-state index contributed by atoms with van der Waals surface area (Å²) in [5.41, 5.74) is 31.7. The molecule has 0 aliphatic carbocycles. The second kappa shape index (κ2) is 38.7. The maximum Gasteiger partial charge on any atom is 0.159 e. The smallest absolute Gasteiger partial charge is 0.159 e. The van der Waals surface area contributed by atoms with Gasteiger partial charge in [-0.15, -0.1) is 22.7 Å². The van der Waals surface area contributed by atoms with Crippen LogP contribution in [0.1, 0.15) is 7.43 Å². The zero-order valence-corrected chi connectivity index (χ0v) is 75.4. The Kier molecular flexibility index (Phi) is 25.6. The summed E-state index contributed by atoms with van der Waals surface area (Å²) in [6, 6.07) is 157. The minimum Gasteiger partial charge on any atom is -0.454 e. The molecule has 0 saturated heterocycles. The highest BCUT2D eigenvalue weighted by molar-refractivity contribution is 14.1. The van der Waals surface area contributed by atoms with Gasteiger partial charge in [0.25, 0.3) is 0 Å². The first-order valence-corrected chi connectivity index (χ1v) is 46.9. The highest BCUT2D eigenvalue weighted by Crippen LogP contribution is 2.49. The number of benzene rings is 19. The molecule has 24 rings (SSSR count). The molecule has 0 bridgehead atoms. The van der Waals surface area contributed by atoms with Gasteiger partial charge >= 0.3 is 0 Å².